The van der Waals surface area contributed by atoms with Crippen molar-refractivity contribution in [3.63, 3.8) is 0 Å². The molecule has 0 aliphatic carbocycles. The summed E-state index contributed by atoms with van der Waals surface area (Å²) in [6.45, 7) is 8.39. The van der Waals surface area contributed by atoms with E-state index in [0.29, 0.717) is 52.3 Å². The van der Waals surface area contributed by atoms with Crippen molar-refractivity contribution in [1.29, 1.82) is 0 Å². The van der Waals surface area contributed by atoms with Crippen LogP contribution in [-0.2, 0) is 14.8 Å². The Morgan fingerprint density at radius 1 is 1.17 bits per heavy atom. The third-order valence-corrected chi connectivity index (χ3v) is 4.13. The molecule has 1 saturated heterocycles. The molecule has 1 aliphatic rings. The van der Waals surface area contributed by atoms with Gasteiger partial charge in [0.05, 0.1) is 12.9 Å². The second kappa shape index (κ2) is 10.3. The van der Waals surface area contributed by atoms with Gasteiger partial charge in [-0.3, -0.25) is 4.99 Å². The molecule has 140 valence electrons. The number of nitrogens with zero attached hydrogens (tertiary/aromatic N) is 3. The van der Waals surface area contributed by atoms with Gasteiger partial charge in [-0.1, -0.05) is 0 Å². The highest BCUT2D eigenvalue weighted by molar-refractivity contribution is 7.88. The van der Waals surface area contributed by atoms with Gasteiger partial charge in [0.2, 0.25) is 10.0 Å². The van der Waals surface area contributed by atoms with Crippen LogP contribution in [0.5, 0.6) is 0 Å². The number of ether oxygens (including phenoxy) is 1. The molecule has 0 atom stereocenters. The van der Waals surface area contributed by atoms with Crippen LogP contribution < -0.4 is 10.0 Å². The Kier molecular flexibility index (Phi) is 8.83. The quantitative estimate of drug-likeness (QED) is 0.365. The van der Waals surface area contributed by atoms with Crippen LogP contribution in [0.2, 0.25) is 0 Å². The maximum absolute atomic E-state index is 11.7. The zero-order valence-corrected chi connectivity index (χ0v) is 15.6. The first-order chi connectivity index (χ1) is 11.4. The summed E-state index contributed by atoms with van der Waals surface area (Å²) < 4.78 is 29.5. The molecule has 1 heterocycles. The fraction of sp³-hybridized carbons (Fsp3) is 0.857. The Hall–Kier alpha value is -1.55. The van der Waals surface area contributed by atoms with Crippen LogP contribution in [0.25, 0.3) is 0 Å². The first-order valence-electron chi connectivity index (χ1n) is 8.27. The SMILES string of the molecule is CCNC(=NCCCNS(C)(=O)=O)N1CCN(C(=O)OCC)CC1. The molecule has 9 nitrogen and oxygen atoms in total. The van der Waals surface area contributed by atoms with Gasteiger partial charge in [0.1, 0.15) is 0 Å². The van der Waals surface area contributed by atoms with Gasteiger partial charge in [0.15, 0.2) is 5.96 Å². The summed E-state index contributed by atoms with van der Waals surface area (Å²) in [4.78, 5) is 20.0. The van der Waals surface area contributed by atoms with E-state index in [1.165, 1.54) is 0 Å². The number of hydrogen-bond acceptors (Lipinski definition) is 5. The topological polar surface area (TPSA) is 103 Å². The number of guanidine groups is 1. The first kappa shape index (κ1) is 20.5. The molecule has 0 bridgehead atoms. The fourth-order valence-electron chi connectivity index (χ4n) is 2.26. The summed E-state index contributed by atoms with van der Waals surface area (Å²) in [5, 5.41) is 3.23. The monoisotopic (exact) mass is 363 g/mol. The molecule has 0 unspecified atom stereocenters. The molecule has 0 saturated carbocycles. The summed E-state index contributed by atoms with van der Waals surface area (Å²) >= 11 is 0. The largest absolute Gasteiger partial charge is 0.450 e. The molecule has 0 radical (unpaired) electrons. The van der Waals surface area contributed by atoms with Crippen molar-refractivity contribution in [3.05, 3.63) is 0 Å². The number of nitrogens with one attached hydrogen (secondary N) is 2. The lowest BCUT2D eigenvalue weighted by atomic mass is 10.3. The van der Waals surface area contributed by atoms with Gasteiger partial charge < -0.3 is 19.9 Å². The highest BCUT2D eigenvalue weighted by Crippen LogP contribution is 2.04. The summed E-state index contributed by atoms with van der Waals surface area (Å²) in [6, 6.07) is 0. The zero-order valence-electron chi connectivity index (χ0n) is 14.7. The van der Waals surface area contributed by atoms with Crippen molar-refractivity contribution in [2.24, 2.45) is 4.99 Å². The van der Waals surface area contributed by atoms with E-state index in [1.54, 1.807) is 11.8 Å². The van der Waals surface area contributed by atoms with Gasteiger partial charge in [0, 0.05) is 45.8 Å². The number of carbonyl (C=O) groups excluding carboxylic acids is 1. The van der Waals surface area contributed by atoms with Gasteiger partial charge in [-0.25, -0.2) is 17.9 Å². The fourth-order valence-corrected chi connectivity index (χ4v) is 2.78. The van der Waals surface area contributed by atoms with E-state index in [0.717, 1.165) is 18.8 Å². The first-order valence-corrected chi connectivity index (χ1v) is 10.2. The third kappa shape index (κ3) is 7.82. The summed E-state index contributed by atoms with van der Waals surface area (Å²) in [5.41, 5.74) is 0. The van der Waals surface area contributed by atoms with Crippen LogP contribution in [-0.4, -0.2) is 88.9 Å². The number of hydrogen-bond donors (Lipinski definition) is 2. The van der Waals surface area contributed by atoms with Crippen molar-refractivity contribution in [2.75, 3.05) is 58.7 Å². The van der Waals surface area contributed by atoms with Crippen molar-refractivity contribution < 1.29 is 17.9 Å². The highest BCUT2D eigenvalue weighted by Gasteiger charge is 2.23. The molecular formula is C14H29N5O4S. The van der Waals surface area contributed by atoms with Gasteiger partial charge in [-0.15, -0.1) is 0 Å². The number of amides is 1. The summed E-state index contributed by atoms with van der Waals surface area (Å²) in [6.07, 6.45) is 1.50. The van der Waals surface area contributed by atoms with E-state index in [9.17, 15) is 13.2 Å². The number of piperazine rings is 1. The lowest BCUT2D eigenvalue weighted by Gasteiger charge is -2.35. The molecule has 1 fully saturated rings. The van der Waals surface area contributed by atoms with Crippen molar-refractivity contribution in [1.82, 2.24) is 19.8 Å². The smallest absolute Gasteiger partial charge is 0.409 e. The molecule has 24 heavy (non-hydrogen) atoms. The molecule has 0 aromatic heterocycles. The van der Waals surface area contributed by atoms with Gasteiger partial charge in [-0.2, -0.15) is 0 Å². The van der Waals surface area contributed by atoms with E-state index >= 15 is 0 Å². The maximum Gasteiger partial charge on any atom is 0.409 e. The number of sulfonamides is 1. The number of rotatable bonds is 7. The summed E-state index contributed by atoms with van der Waals surface area (Å²) in [7, 11) is -3.15. The molecule has 0 aromatic carbocycles. The van der Waals surface area contributed by atoms with E-state index in [1.807, 2.05) is 6.92 Å². The average Bonchev–Trinajstić information content (AvgIpc) is 2.53. The highest BCUT2D eigenvalue weighted by atomic mass is 32.2. The van der Waals surface area contributed by atoms with Gasteiger partial charge in [-0.05, 0) is 20.3 Å². The molecule has 1 amide bonds. The molecule has 0 aromatic rings. The summed E-state index contributed by atoms with van der Waals surface area (Å²) in [5.74, 6) is 0.792. The van der Waals surface area contributed by atoms with E-state index in [2.05, 4.69) is 19.9 Å². The third-order valence-electron chi connectivity index (χ3n) is 3.40. The van der Waals surface area contributed by atoms with Crippen LogP contribution in [0, 0.1) is 0 Å². The Bertz CT molecular complexity index is 515. The van der Waals surface area contributed by atoms with E-state index < -0.39 is 10.0 Å². The van der Waals surface area contributed by atoms with E-state index in [4.69, 9.17) is 4.74 Å². The lowest BCUT2D eigenvalue weighted by Crippen LogP contribution is -2.54. The molecule has 2 N–H and O–H groups in total. The normalized spacial score (nSPS) is 16.2. The standard InChI is InChI=1S/C14H29N5O4S/c1-4-15-13(16-7-6-8-17-24(3,21)22)18-9-11-19(12-10-18)14(20)23-5-2/h17H,4-12H2,1-3H3,(H,15,16). The second-order valence-electron chi connectivity index (χ2n) is 5.43. The minimum atomic E-state index is -3.15. The number of carbonyl (C=O) groups is 1. The minimum absolute atomic E-state index is 0.272. The zero-order chi connectivity index (χ0) is 18.0. The molecule has 0 spiro atoms. The minimum Gasteiger partial charge on any atom is -0.450 e. The maximum atomic E-state index is 11.7. The Labute approximate surface area is 144 Å². The van der Waals surface area contributed by atoms with Crippen molar-refractivity contribution in [2.45, 2.75) is 20.3 Å². The van der Waals surface area contributed by atoms with Crippen LogP contribution in [0.1, 0.15) is 20.3 Å². The molecule has 1 rings (SSSR count). The average molecular weight is 363 g/mol. The van der Waals surface area contributed by atoms with Gasteiger partial charge in [0.25, 0.3) is 0 Å². The molecule has 1 aliphatic heterocycles. The second-order valence-corrected chi connectivity index (χ2v) is 7.26. The number of aliphatic imine (C=N–C) groups is 1. The van der Waals surface area contributed by atoms with Crippen molar-refractivity contribution in [3.8, 4) is 0 Å². The Balaban J connectivity index is 2.45. The van der Waals surface area contributed by atoms with Crippen LogP contribution in [0.3, 0.4) is 0 Å². The van der Waals surface area contributed by atoms with Crippen molar-refractivity contribution >= 4 is 22.1 Å². The van der Waals surface area contributed by atoms with E-state index in [-0.39, 0.29) is 6.09 Å². The van der Waals surface area contributed by atoms with Crippen LogP contribution >= 0.6 is 0 Å². The predicted molar refractivity (Wildman–Crippen MR) is 93.6 cm³/mol. The predicted octanol–water partition coefficient (Wildman–Crippen LogP) is -0.335. The Morgan fingerprint density at radius 2 is 1.79 bits per heavy atom. The lowest BCUT2D eigenvalue weighted by molar-refractivity contribution is 0.0914. The van der Waals surface area contributed by atoms with Crippen LogP contribution in [0.15, 0.2) is 4.99 Å². The van der Waals surface area contributed by atoms with Gasteiger partial charge >= 0.3 is 6.09 Å². The molecular weight excluding hydrogens is 334 g/mol. The Morgan fingerprint density at radius 3 is 2.33 bits per heavy atom. The van der Waals surface area contributed by atoms with Crippen LogP contribution in [0.4, 0.5) is 4.79 Å². The molecule has 10 heteroatoms.